The van der Waals surface area contributed by atoms with Crippen molar-refractivity contribution in [2.24, 2.45) is 5.73 Å². The van der Waals surface area contributed by atoms with Gasteiger partial charge in [0.2, 0.25) is 0 Å². The van der Waals surface area contributed by atoms with Crippen LogP contribution in [0.15, 0.2) is 18.2 Å². The first-order chi connectivity index (χ1) is 7.57. The van der Waals surface area contributed by atoms with Gasteiger partial charge in [-0.25, -0.2) is 4.39 Å². The molecular weight excluding hydrogens is 203 g/mol. The number of benzene rings is 1. The summed E-state index contributed by atoms with van der Waals surface area (Å²) >= 11 is 0. The van der Waals surface area contributed by atoms with Crippen LogP contribution in [0.5, 0.6) is 0 Å². The van der Waals surface area contributed by atoms with E-state index in [9.17, 15) is 4.39 Å². The van der Waals surface area contributed by atoms with Crippen LogP contribution in [-0.2, 0) is 0 Å². The molecule has 0 fully saturated rings. The molecule has 0 spiro atoms. The summed E-state index contributed by atoms with van der Waals surface area (Å²) in [5.41, 5.74) is 7.37. The lowest BCUT2D eigenvalue weighted by Crippen LogP contribution is -2.23. The van der Waals surface area contributed by atoms with Gasteiger partial charge in [-0.3, -0.25) is 0 Å². The van der Waals surface area contributed by atoms with Gasteiger partial charge >= 0.3 is 0 Å². The van der Waals surface area contributed by atoms with E-state index in [1.54, 1.807) is 6.07 Å². The fraction of sp³-hybridized carbons (Fsp3) is 0.538. The molecule has 1 unspecified atom stereocenters. The molecule has 2 nitrogen and oxygen atoms in total. The average molecular weight is 224 g/mol. The molecule has 90 valence electrons. The first-order valence-electron chi connectivity index (χ1n) is 5.83. The number of hydrogen-bond donors (Lipinski definition) is 1. The number of anilines is 1. The third-order valence-corrected chi connectivity index (χ3v) is 2.74. The molecular formula is C13H21FN2. The van der Waals surface area contributed by atoms with Gasteiger partial charge in [0, 0.05) is 19.6 Å². The van der Waals surface area contributed by atoms with E-state index in [1.807, 2.05) is 24.9 Å². The van der Waals surface area contributed by atoms with Crippen molar-refractivity contribution in [2.45, 2.75) is 32.7 Å². The summed E-state index contributed by atoms with van der Waals surface area (Å²) < 4.78 is 13.8. The van der Waals surface area contributed by atoms with E-state index in [2.05, 4.69) is 6.92 Å². The summed E-state index contributed by atoms with van der Waals surface area (Å²) in [6.45, 7) is 4.87. The van der Waals surface area contributed by atoms with E-state index < -0.39 is 0 Å². The third-order valence-electron chi connectivity index (χ3n) is 2.74. The third kappa shape index (κ3) is 2.95. The lowest BCUT2D eigenvalue weighted by atomic mass is 10.1. The van der Waals surface area contributed by atoms with Crippen LogP contribution in [0.25, 0.3) is 0 Å². The average Bonchev–Trinajstić information content (AvgIpc) is 2.25. The number of nitrogens with zero attached hydrogens (tertiary/aromatic N) is 1. The Morgan fingerprint density at radius 3 is 2.69 bits per heavy atom. The Morgan fingerprint density at radius 2 is 2.12 bits per heavy atom. The summed E-state index contributed by atoms with van der Waals surface area (Å²) in [6, 6.07) is 4.95. The van der Waals surface area contributed by atoms with E-state index >= 15 is 0 Å². The highest BCUT2D eigenvalue weighted by atomic mass is 19.1. The van der Waals surface area contributed by atoms with Gasteiger partial charge in [-0.1, -0.05) is 25.5 Å². The number of rotatable bonds is 5. The minimum Gasteiger partial charge on any atom is -0.372 e. The monoisotopic (exact) mass is 224 g/mol. The quantitative estimate of drug-likeness (QED) is 0.832. The summed E-state index contributed by atoms with van der Waals surface area (Å²) in [4.78, 5) is 1.96. The minimum absolute atomic E-state index is 0.144. The van der Waals surface area contributed by atoms with Crippen LogP contribution < -0.4 is 10.6 Å². The number of nitrogens with two attached hydrogens (primary N) is 1. The lowest BCUT2D eigenvalue weighted by Gasteiger charge is -2.24. The van der Waals surface area contributed by atoms with Gasteiger partial charge in [0.1, 0.15) is 5.82 Å². The molecule has 2 N–H and O–H groups in total. The van der Waals surface area contributed by atoms with Gasteiger partial charge in [0.05, 0.1) is 5.69 Å². The summed E-state index contributed by atoms with van der Waals surface area (Å²) in [5, 5.41) is 0. The van der Waals surface area contributed by atoms with Gasteiger partial charge < -0.3 is 10.6 Å². The maximum atomic E-state index is 13.8. The molecule has 1 rings (SSSR count). The van der Waals surface area contributed by atoms with E-state index in [4.69, 9.17) is 5.73 Å². The predicted octanol–water partition coefficient (Wildman–Crippen LogP) is 3.08. The molecule has 0 saturated heterocycles. The van der Waals surface area contributed by atoms with Gasteiger partial charge in [0.15, 0.2) is 0 Å². The Bertz CT molecular complexity index is 337. The topological polar surface area (TPSA) is 29.3 Å². The Kier molecular flexibility index (Phi) is 4.74. The maximum Gasteiger partial charge on any atom is 0.146 e. The molecule has 16 heavy (non-hydrogen) atoms. The molecule has 0 heterocycles. The second-order valence-corrected chi connectivity index (χ2v) is 4.24. The van der Waals surface area contributed by atoms with Crippen LogP contribution in [0.4, 0.5) is 10.1 Å². The van der Waals surface area contributed by atoms with Crippen LogP contribution >= 0.6 is 0 Å². The molecule has 3 heteroatoms. The first kappa shape index (κ1) is 13.0. The van der Waals surface area contributed by atoms with Crippen molar-refractivity contribution < 1.29 is 4.39 Å². The maximum absolute atomic E-state index is 13.8. The lowest BCUT2D eigenvalue weighted by molar-refractivity contribution is 0.613. The zero-order valence-corrected chi connectivity index (χ0v) is 10.3. The molecule has 0 aromatic heterocycles. The summed E-state index contributed by atoms with van der Waals surface area (Å²) in [6.07, 6.45) is 2.16. The minimum atomic E-state index is -0.187. The molecule has 0 aliphatic rings. The Balaban J connectivity index is 3.00. The molecule has 0 saturated carbocycles. The molecule has 1 aromatic rings. The SMILES string of the molecule is CCCCN(C)c1c(F)cccc1C(C)N. The van der Waals surface area contributed by atoms with Crippen molar-refractivity contribution in [2.75, 3.05) is 18.5 Å². The highest BCUT2D eigenvalue weighted by Gasteiger charge is 2.14. The zero-order chi connectivity index (χ0) is 12.1. The van der Waals surface area contributed by atoms with E-state index in [0.29, 0.717) is 5.69 Å². The van der Waals surface area contributed by atoms with Crippen molar-refractivity contribution in [1.29, 1.82) is 0 Å². The standard InChI is InChI=1S/C13H21FN2/c1-4-5-9-16(3)13-11(10(2)15)7-6-8-12(13)14/h6-8,10H,4-5,9,15H2,1-3H3. The first-order valence-corrected chi connectivity index (χ1v) is 5.83. The van der Waals surface area contributed by atoms with Crippen molar-refractivity contribution in [1.82, 2.24) is 0 Å². The van der Waals surface area contributed by atoms with E-state index in [1.165, 1.54) is 6.07 Å². The Hall–Kier alpha value is -1.09. The van der Waals surface area contributed by atoms with Crippen LogP contribution in [-0.4, -0.2) is 13.6 Å². The Labute approximate surface area is 97.3 Å². The number of unbranched alkanes of at least 4 members (excludes halogenated alkanes) is 1. The molecule has 0 amide bonds. The van der Waals surface area contributed by atoms with Gasteiger partial charge in [-0.05, 0) is 25.0 Å². The van der Waals surface area contributed by atoms with E-state index in [-0.39, 0.29) is 11.9 Å². The fourth-order valence-corrected chi connectivity index (χ4v) is 1.81. The number of hydrogen-bond acceptors (Lipinski definition) is 2. The van der Waals surface area contributed by atoms with Crippen molar-refractivity contribution >= 4 is 5.69 Å². The molecule has 0 radical (unpaired) electrons. The smallest absolute Gasteiger partial charge is 0.146 e. The van der Waals surface area contributed by atoms with Crippen molar-refractivity contribution in [3.05, 3.63) is 29.6 Å². The number of para-hydroxylation sites is 1. The summed E-state index contributed by atoms with van der Waals surface area (Å²) in [7, 11) is 1.92. The molecule has 0 bridgehead atoms. The van der Waals surface area contributed by atoms with Crippen LogP contribution in [0.1, 0.15) is 38.3 Å². The fourth-order valence-electron chi connectivity index (χ4n) is 1.81. The van der Waals surface area contributed by atoms with E-state index in [0.717, 1.165) is 24.9 Å². The highest BCUT2D eigenvalue weighted by molar-refractivity contribution is 5.55. The van der Waals surface area contributed by atoms with Crippen LogP contribution in [0, 0.1) is 5.82 Å². The normalized spacial score (nSPS) is 12.6. The predicted molar refractivity (Wildman–Crippen MR) is 67.2 cm³/mol. The Morgan fingerprint density at radius 1 is 1.44 bits per heavy atom. The molecule has 1 atom stereocenters. The van der Waals surface area contributed by atoms with Gasteiger partial charge in [-0.15, -0.1) is 0 Å². The largest absolute Gasteiger partial charge is 0.372 e. The van der Waals surface area contributed by atoms with Gasteiger partial charge in [0.25, 0.3) is 0 Å². The van der Waals surface area contributed by atoms with Crippen LogP contribution in [0.2, 0.25) is 0 Å². The van der Waals surface area contributed by atoms with Crippen molar-refractivity contribution in [3.63, 3.8) is 0 Å². The second kappa shape index (κ2) is 5.85. The second-order valence-electron chi connectivity index (χ2n) is 4.24. The van der Waals surface area contributed by atoms with Crippen molar-refractivity contribution in [3.8, 4) is 0 Å². The highest BCUT2D eigenvalue weighted by Crippen LogP contribution is 2.27. The molecule has 0 aliphatic carbocycles. The zero-order valence-electron chi connectivity index (χ0n) is 10.3. The van der Waals surface area contributed by atoms with Gasteiger partial charge in [-0.2, -0.15) is 0 Å². The molecule has 0 aliphatic heterocycles. The summed E-state index contributed by atoms with van der Waals surface area (Å²) in [5.74, 6) is -0.187. The number of halogens is 1. The molecule has 1 aromatic carbocycles. The van der Waals surface area contributed by atoms with Crippen LogP contribution in [0.3, 0.4) is 0 Å².